The van der Waals surface area contributed by atoms with Gasteiger partial charge in [0.2, 0.25) is 0 Å². The fraction of sp³-hybridized carbons (Fsp3) is 0.0667. The highest BCUT2D eigenvalue weighted by Gasteiger charge is 2.17. The van der Waals surface area contributed by atoms with Crippen molar-refractivity contribution >= 4 is 51.7 Å². The second-order valence-corrected chi connectivity index (χ2v) is 5.73. The molecular formula is C15H8Cl3NO3. The maximum atomic E-state index is 12.1. The molecule has 7 heteroatoms. The lowest BCUT2D eigenvalue weighted by molar-refractivity contribution is -0.133. The Balaban J connectivity index is 1.81. The first-order valence-corrected chi connectivity index (χ1v) is 7.36. The van der Waals surface area contributed by atoms with E-state index >= 15 is 0 Å². The van der Waals surface area contributed by atoms with Gasteiger partial charge in [0.15, 0.2) is 11.3 Å². The van der Waals surface area contributed by atoms with E-state index in [1.807, 2.05) is 18.2 Å². The van der Waals surface area contributed by atoms with Crippen LogP contribution in [0.15, 0.2) is 40.9 Å². The molecule has 3 aromatic rings. The second kappa shape index (κ2) is 6.16. The van der Waals surface area contributed by atoms with Gasteiger partial charge in [0.25, 0.3) is 0 Å². The number of halogens is 3. The second-order valence-electron chi connectivity index (χ2n) is 4.47. The van der Waals surface area contributed by atoms with Gasteiger partial charge < -0.3 is 9.26 Å². The zero-order chi connectivity index (χ0) is 15.7. The Morgan fingerprint density at radius 1 is 1.14 bits per heavy atom. The summed E-state index contributed by atoms with van der Waals surface area (Å²) in [7, 11) is 0. The van der Waals surface area contributed by atoms with Crippen LogP contribution in [0.4, 0.5) is 0 Å². The number of para-hydroxylation sites is 1. The maximum Gasteiger partial charge on any atom is 0.317 e. The third kappa shape index (κ3) is 3.04. The molecule has 0 aliphatic rings. The molecule has 0 amide bonds. The van der Waals surface area contributed by atoms with Crippen molar-refractivity contribution in [1.82, 2.24) is 5.16 Å². The number of rotatable bonds is 3. The van der Waals surface area contributed by atoms with Crippen LogP contribution in [-0.2, 0) is 11.2 Å². The lowest BCUT2D eigenvalue weighted by atomic mass is 10.2. The maximum absolute atomic E-state index is 12.1. The largest absolute Gasteiger partial charge is 0.423 e. The van der Waals surface area contributed by atoms with Crippen molar-refractivity contribution in [3.8, 4) is 5.75 Å². The van der Waals surface area contributed by atoms with Crippen LogP contribution in [0.1, 0.15) is 5.69 Å². The Labute approximate surface area is 140 Å². The van der Waals surface area contributed by atoms with Crippen molar-refractivity contribution in [2.24, 2.45) is 0 Å². The molecule has 1 aromatic heterocycles. The van der Waals surface area contributed by atoms with Gasteiger partial charge in [-0.25, -0.2) is 0 Å². The summed E-state index contributed by atoms with van der Waals surface area (Å²) in [6.07, 6.45) is -0.0632. The first-order valence-electron chi connectivity index (χ1n) is 6.23. The molecule has 2 aromatic carbocycles. The molecule has 3 rings (SSSR count). The van der Waals surface area contributed by atoms with Crippen LogP contribution in [0.3, 0.4) is 0 Å². The number of carbonyl (C=O) groups excluding carboxylic acids is 1. The summed E-state index contributed by atoms with van der Waals surface area (Å²) in [5, 5.41) is 5.31. The summed E-state index contributed by atoms with van der Waals surface area (Å²) in [4.78, 5) is 12.1. The molecule has 0 fully saturated rings. The lowest BCUT2D eigenvalue weighted by Crippen LogP contribution is -2.12. The van der Waals surface area contributed by atoms with E-state index in [4.69, 9.17) is 44.1 Å². The minimum Gasteiger partial charge on any atom is -0.423 e. The van der Waals surface area contributed by atoms with Gasteiger partial charge in [-0.05, 0) is 24.3 Å². The van der Waals surface area contributed by atoms with E-state index in [9.17, 15) is 4.79 Å². The quantitative estimate of drug-likeness (QED) is 0.493. The van der Waals surface area contributed by atoms with Crippen molar-refractivity contribution in [2.45, 2.75) is 6.42 Å². The van der Waals surface area contributed by atoms with E-state index in [1.54, 1.807) is 6.07 Å². The molecule has 0 bridgehead atoms. The molecule has 22 heavy (non-hydrogen) atoms. The predicted octanol–water partition coefficient (Wildman–Crippen LogP) is 4.94. The number of hydrogen-bond donors (Lipinski definition) is 0. The SMILES string of the molecule is O=C(Cc1noc2ccccc12)Oc1c(Cl)cc(Cl)cc1Cl. The van der Waals surface area contributed by atoms with Crippen LogP contribution in [0.2, 0.25) is 15.1 Å². The summed E-state index contributed by atoms with van der Waals surface area (Å²) in [5.74, 6) is -0.476. The molecular weight excluding hydrogens is 349 g/mol. The van der Waals surface area contributed by atoms with Gasteiger partial charge in [-0.2, -0.15) is 0 Å². The molecule has 112 valence electrons. The van der Waals surface area contributed by atoms with Crippen LogP contribution in [0.25, 0.3) is 11.0 Å². The number of ether oxygens (including phenoxy) is 1. The molecule has 0 unspecified atom stereocenters. The number of nitrogens with zero attached hydrogens (tertiary/aromatic N) is 1. The van der Waals surface area contributed by atoms with Gasteiger partial charge in [-0.3, -0.25) is 4.79 Å². The van der Waals surface area contributed by atoms with Crippen LogP contribution in [-0.4, -0.2) is 11.1 Å². The molecule has 0 atom stereocenters. The van der Waals surface area contributed by atoms with Gasteiger partial charge in [0.1, 0.15) is 5.69 Å². The van der Waals surface area contributed by atoms with E-state index in [1.165, 1.54) is 12.1 Å². The Bertz CT molecular complexity index is 837. The summed E-state index contributed by atoms with van der Waals surface area (Å²) < 4.78 is 10.3. The summed E-state index contributed by atoms with van der Waals surface area (Å²) in [5.41, 5.74) is 1.09. The predicted molar refractivity (Wildman–Crippen MR) is 84.8 cm³/mol. The highest BCUT2D eigenvalue weighted by molar-refractivity contribution is 6.40. The number of hydrogen-bond acceptors (Lipinski definition) is 4. The van der Waals surface area contributed by atoms with Gasteiger partial charge >= 0.3 is 5.97 Å². The number of benzene rings is 2. The minimum atomic E-state index is -0.551. The molecule has 0 radical (unpaired) electrons. The van der Waals surface area contributed by atoms with Crippen molar-refractivity contribution in [1.29, 1.82) is 0 Å². The van der Waals surface area contributed by atoms with Gasteiger partial charge in [-0.1, -0.05) is 52.1 Å². The molecule has 1 heterocycles. The third-order valence-corrected chi connectivity index (χ3v) is 3.72. The number of esters is 1. The van der Waals surface area contributed by atoms with Crippen molar-refractivity contribution in [3.05, 3.63) is 57.2 Å². The zero-order valence-corrected chi connectivity index (χ0v) is 13.2. The topological polar surface area (TPSA) is 52.3 Å². The minimum absolute atomic E-state index is 0.0632. The summed E-state index contributed by atoms with van der Waals surface area (Å²) >= 11 is 17.8. The van der Waals surface area contributed by atoms with E-state index in [0.717, 1.165) is 5.39 Å². The number of fused-ring (bicyclic) bond motifs is 1. The Hall–Kier alpha value is -1.75. The van der Waals surface area contributed by atoms with E-state index in [-0.39, 0.29) is 22.2 Å². The van der Waals surface area contributed by atoms with Crippen LogP contribution >= 0.6 is 34.8 Å². The van der Waals surface area contributed by atoms with Crippen molar-refractivity contribution in [2.75, 3.05) is 0 Å². The number of aromatic nitrogens is 1. The van der Waals surface area contributed by atoms with Gasteiger partial charge in [0, 0.05) is 10.4 Å². The van der Waals surface area contributed by atoms with E-state index in [2.05, 4.69) is 5.16 Å². The molecule has 0 spiro atoms. The lowest BCUT2D eigenvalue weighted by Gasteiger charge is -2.08. The molecule has 0 aliphatic carbocycles. The van der Waals surface area contributed by atoms with Crippen molar-refractivity contribution in [3.63, 3.8) is 0 Å². The smallest absolute Gasteiger partial charge is 0.317 e. The zero-order valence-electron chi connectivity index (χ0n) is 11.0. The fourth-order valence-corrected chi connectivity index (χ4v) is 2.87. The summed E-state index contributed by atoms with van der Waals surface area (Å²) in [6, 6.07) is 10.1. The Kier molecular flexibility index (Phi) is 4.25. The normalized spacial score (nSPS) is 10.9. The van der Waals surface area contributed by atoms with Gasteiger partial charge in [-0.15, -0.1) is 0 Å². The first kappa shape index (κ1) is 15.2. The highest BCUT2D eigenvalue weighted by atomic mass is 35.5. The van der Waals surface area contributed by atoms with E-state index in [0.29, 0.717) is 16.3 Å². The van der Waals surface area contributed by atoms with Crippen LogP contribution in [0, 0.1) is 0 Å². The number of carbonyl (C=O) groups is 1. The molecule has 4 nitrogen and oxygen atoms in total. The average Bonchev–Trinajstić information content (AvgIpc) is 2.86. The summed E-state index contributed by atoms with van der Waals surface area (Å²) in [6.45, 7) is 0. The highest BCUT2D eigenvalue weighted by Crippen LogP contribution is 2.36. The molecule has 0 aliphatic heterocycles. The third-order valence-electron chi connectivity index (χ3n) is 2.94. The Morgan fingerprint density at radius 2 is 1.82 bits per heavy atom. The monoisotopic (exact) mass is 355 g/mol. The molecule has 0 saturated carbocycles. The molecule has 0 saturated heterocycles. The van der Waals surface area contributed by atoms with Crippen LogP contribution in [0.5, 0.6) is 5.75 Å². The Morgan fingerprint density at radius 3 is 2.55 bits per heavy atom. The van der Waals surface area contributed by atoms with Gasteiger partial charge in [0.05, 0.1) is 16.5 Å². The standard InChI is InChI=1S/C15H8Cl3NO3/c16-8-5-10(17)15(11(18)6-8)21-14(20)7-12-9-3-1-2-4-13(9)22-19-12/h1-6H,7H2. The van der Waals surface area contributed by atoms with Crippen molar-refractivity contribution < 1.29 is 14.1 Å². The van der Waals surface area contributed by atoms with Crippen LogP contribution < -0.4 is 4.74 Å². The average molecular weight is 357 g/mol. The molecule has 0 N–H and O–H groups in total. The fourth-order valence-electron chi connectivity index (χ4n) is 1.98. The van der Waals surface area contributed by atoms with E-state index < -0.39 is 5.97 Å². The first-order chi connectivity index (χ1) is 10.5.